The van der Waals surface area contributed by atoms with Gasteiger partial charge in [0.2, 0.25) is 10.0 Å². The molecule has 1 aromatic heterocycles. The molecule has 0 bridgehead atoms. The van der Waals surface area contributed by atoms with Gasteiger partial charge in [-0.15, -0.1) is 0 Å². The first-order valence-corrected chi connectivity index (χ1v) is 7.67. The van der Waals surface area contributed by atoms with Gasteiger partial charge in [0.05, 0.1) is 23.9 Å². The Balaban J connectivity index is 3.30. The zero-order valence-electron chi connectivity index (χ0n) is 12.4. The summed E-state index contributed by atoms with van der Waals surface area (Å²) in [5, 5.41) is 21.5. The molecule has 1 rings (SSSR count). The number of carboxylic acids is 1. The van der Waals surface area contributed by atoms with Crippen LogP contribution < -0.4 is 0 Å². The Kier molecular flexibility index (Phi) is 5.09. The normalized spacial score (nSPS) is 13.1. The fourth-order valence-electron chi connectivity index (χ4n) is 1.98. The van der Waals surface area contributed by atoms with E-state index in [1.807, 2.05) is 6.07 Å². The molecule has 1 aromatic rings. The number of hydrogen-bond donors (Lipinski definition) is 1. The quantitative estimate of drug-likeness (QED) is 0.817. The Hall–Kier alpha value is -1.92. The van der Waals surface area contributed by atoms with Crippen LogP contribution in [-0.4, -0.2) is 46.7 Å². The lowest BCUT2D eigenvalue weighted by molar-refractivity contribution is -0.137. The molecule has 0 amide bonds. The highest BCUT2D eigenvalue weighted by molar-refractivity contribution is 7.89. The van der Waals surface area contributed by atoms with Crippen molar-refractivity contribution in [2.45, 2.75) is 44.7 Å². The predicted octanol–water partition coefficient (Wildman–Crippen LogP) is 0.507. The third-order valence-electron chi connectivity index (χ3n) is 3.24. The van der Waals surface area contributed by atoms with Gasteiger partial charge in [-0.3, -0.25) is 9.48 Å². The van der Waals surface area contributed by atoms with Crippen LogP contribution in [0.4, 0.5) is 0 Å². The lowest BCUT2D eigenvalue weighted by atomic mass is 10.3. The van der Waals surface area contributed by atoms with Crippen LogP contribution in [0.2, 0.25) is 0 Å². The Morgan fingerprint density at radius 2 is 2.10 bits per heavy atom. The van der Waals surface area contributed by atoms with Crippen molar-refractivity contribution >= 4 is 16.0 Å². The van der Waals surface area contributed by atoms with Crippen molar-refractivity contribution in [1.29, 1.82) is 5.26 Å². The summed E-state index contributed by atoms with van der Waals surface area (Å²) < 4.78 is 27.5. The van der Waals surface area contributed by atoms with Crippen molar-refractivity contribution in [3.63, 3.8) is 0 Å². The summed E-state index contributed by atoms with van der Waals surface area (Å²) in [4.78, 5) is 10.8. The molecule has 0 saturated heterocycles. The first kappa shape index (κ1) is 17.1. The molecule has 0 aliphatic carbocycles. The minimum Gasteiger partial charge on any atom is -0.480 e. The second kappa shape index (κ2) is 6.24. The maximum absolute atomic E-state index is 12.6. The van der Waals surface area contributed by atoms with Crippen LogP contribution in [0.25, 0.3) is 0 Å². The summed E-state index contributed by atoms with van der Waals surface area (Å²) in [6.45, 7) is 4.26. The second-order valence-electron chi connectivity index (χ2n) is 4.78. The molecule has 1 atom stereocenters. The van der Waals surface area contributed by atoms with Gasteiger partial charge in [-0.05, 0) is 20.8 Å². The van der Waals surface area contributed by atoms with E-state index in [4.69, 9.17) is 10.4 Å². The minimum absolute atomic E-state index is 0.00367. The summed E-state index contributed by atoms with van der Waals surface area (Å²) >= 11 is 0. The van der Waals surface area contributed by atoms with E-state index in [0.29, 0.717) is 0 Å². The van der Waals surface area contributed by atoms with E-state index >= 15 is 0 Å². The summed E-state index contributed by atoms with van der Waals surface area (Å²) in [6.07, 6.45) is 0.0666. The molecular weight excluding hydrogens is 296 g/mol. The monoisotopic (exact) mass is 314 g/mol. The van der Waals surface area contributed by atoms with Gasteiger partial charge in [-0.1, -0.05) is 0 Å². The van der Waals surface area contributed by atoms with Gasteiger partial charge >= 0.3 is 5.97 Å². The first-order chi connectivity index (χ1) is 9.62. The molecule has 1 N–H and O–H groups in total. The summed E-state index contributed by atoms with van der Waals surface area (Å²) in [5.41, 5.74) is 0.510. The average Bonchev–Trinajstić information content (AvgIpc) is 2.63. The second-order valence-corrected chi connectivity index (χ2v) is 6.72. The Morgan fingerprint density at radius 3 is 2.57 bits per heavy atom. The highest BCUT2D eigenvalue weighted by Crippen LogP contribution is 2.24. The number of carboxylic acid groups (broad SMARTS) is 1. The predicted molar refractivity (Wildman–Crippen MR) is 74.0 cm³/mol. The Labute approximate surface area is 123 Å². The topological polar surface area (TPSA) is 116 Å². The van der Waals surface area contributed by atoms with Gasteiger partial charge < -0.3 is 5.11 Å². The van der Waals surface area contributed by atoms with Gasteiger partial charge in [0, 0.05) is 13.1 Å². The molecule has 21 heavy (non-hydrogen) atoms. The number of hydrogen-bond acceptors (Lipinski definition) is 5. The van der Waals surface area contributed by atoms with Crippen LogP contribution in [-0.2, 0) is 21.4 Å². The van der Waals surface area contributed by atoms with Crippen molar-refractivity contribution in [3.8, 4) is 6.07 Å². The number of sulfonamides is 1. The van der Waals surface area contributed by atoms with Crippen molar-refractivity contribution in [2.24, 2.45) is 0 Å². The van der Waals surface area contributed by atoms with Crippen molar-refractivity contribution in [3.05, 3.63) is 11.4 Å². The van der Waals surface area contributed by atoms with Crippen LogP contribution in [0.15, 0.2) is 4.90 Å². The van der Waals surface area contributed by atoms with E-state index < -0.39 is 28.6 Å². The molecule has 0 radical (unpaired) electrons. The zero-order valence-corrected chi connectivity index (χ0v) is 13.2. The maximum atomic E-state index is 12.6. The average molecular weight is 314 g/mol. The van der Waals surface area contributed by atoms with Crippen molar-refractivity contribution in [1.82, 2.24) is 14.1 Å². The van der Waals surface area contributed by atoms with E-state index in [2.05, 4.69) is 5.10 Å². The highest BCUT2D eigenvalue weighted by Gasteiger charge is 2.31. The smallest absolute Gasteiger partial charge is 0.325 e. The van der Waals surface area contributed by atoms with Gasteiger partial charge in [-0.2, -0.15) is 14.7 Å². The maximum Gasteiger partial charge on any atom is 0.325 e. The third kappa shape index (κ3) is 3.40. The van der Waals surface area contributed by atoms with E-state index in [1.54, 1.807) is 6.92 Å². The fraction of sp³-hybridized carbons (Fsp3) is 0.583. The molecule has 0 spiro atoms. The molecule has 9 heteroatoms. The highest BCUT2D eigenvalue weighted by atomic mass is 32.2. The molecule has 0 aliphatic heterocycles. The zero-order chi connectivity index (χ0) is 16.4. The van der Waals surface area contributed by atoms with E-state index in [9.17, 15) is 13.2 Å². The van der Waals surface area contributed by atoms with E-state index in [-0.39, 0.29) is 22.7 Å². The largest absolute Gasteiger partial charge is 0.480 e. The number of carbonyl (C=O) groups is 1. The van der Waals surface area contributed by atoms with E-state index in [0.717, 1.165) is 8.99 Å². The fourth-order valence-corrected chi connectivity index (χ4v) is 3.71. The van der Waals surface area contributed by atoms with E-state index in [1.165, 1.54) is 20.9 Å². The molecule has 116 valence electrons. The van der Waals surface area contributed by atoms with Crippen molar-refractivity contribution in [2.75, 3.05) is 7.05 Å². The Bertz CT molecular complexity index is 687. The summed E-state index contributed by atoms with van der Waals surface area (Å²) in [6, 6.07) is 1.44. The molecular formula is C12H18N4O4S. The van der Waals surface area contributed by atoms with Crippen LogP contribution in [0.5, 0.6) is 0 Å². The number of aromatic nitrogens is 2. The molecule has 0 saturated carbocycles. The van der Waals surface area contributed by atoms with Gasteiger partial charge in [-0.25, -0.2) is 8.42 Å². The van der Waals surface area contributed by atoms with Gasteiger partial charge in [0.1, 0.15) is 11.4 Å². The minimum atomic E-state index is -3.83. The molecule has 0 aliphatic rings. The molecule has 0 aromatic carbocycles. The van der Waals surface area contributed by atoms with Crippen LogP contribution in [0.1, 0.15) is 24.7 Å². The molecule has 0 fully saturated rings. The lowest BCUT2D eigenvalue weighted by Crippen LogP contribution is -2.35. The molecule has 1 heterocycles. The van der Waals surface area contributed by atoms with Crippen LogP contribution in [0, 0.1) is 25.2 Å². The number of aliphatic carboxylic acids is 1. The Morgan fingerprint density at radius 1 is 1.52 bits per heavy atom. The van der Waals surface area contributed by atoms with Gasteiger partial charge in [0.15, 0.2) is 0 Å². The lowest BCUT2D eigenvalue weighted by Gasteiger charge is -2.22. The number of nitriles is 1. The van der Waals surface area contributed by atoms with Crippen LogP contribution in [0.3, 0.4) is 0 Å². The third-order valence-corrected chi connectivity index (χ3v) is 5.47. The summed E-state index contributed by atoms with van der Waals surface area (Å²) in [7, 11) is -2.44. The SMILES string of the molecule is Cc1nn(CC(=O)O)c(C)c1S(=O)(=O)N(C)C(C)CC#N. The molecule has 8 nitrogen and oxygen atoms in total. The number of nitrogens with zero attached hydrogens (tertiary/aromatic N) is 4. The van der Waals surface area contributed by atoms with Crippen LogP contribution >= 0.6 is 0 Å². The number of aryl methyl sites for hydroxylation is 1. The summed E-state index contributed by atoms with van der Waals surface area (Å²) in [5.74, 6) is -1.10. The number of rotatable bonds is 6. The van der Waals surface area contributed by atoms with Crippen molar-refractivity contribution < 1.29 is 18.3 Å². The first-order valence-electron chi connectivity index (χ1n) is 6.23. The molecule has 1 unspecified atom stereocenters. The van der Waals surface area contributed by atoms with Gasteiger partial charge in [0.25, 0.3) is 0 Å². The standard InChI is InChI=1S/C12H18N4O4S/c1-8(5-6-13)15(4)21(19,20)12-9(2)14-16(10(12)3)7-11(17)18/h8H,5,7H2,1-4H3,(H,17,18).